The number of benzene rings is 1. The second kappa shape index (κ2) is 6.42. The fourth-order valence-corrected chi connectivity index (χ4v) is 5.78. The number of carbonyl (C=O) groups is 1. The number of fused-ring (bicyclic) bond motifs is 3. The van der Waals surface area contributed by atoms with Crippen LogP contribution in [-0.2, 0) is 0 Å². The molecular weight excluding hydrogens is 372 g/mol. The predicted molar refractivity (Wildman–Crippen MR) is 103 cm³/mol. The highest BCUT2D eigenvalue weighted by Crippen LogP contribution is 2.48. The van der Waals surface area contributed by atoms with E-state index in [1.165, 1.54) is 5.56 Å². The molecule has 2 bridgehead atoms. The van der Waals surface area contributed by atoms with Crippen LogP contribution in [0.2, 0.25) is 0 Å². The molecule has 1 amide bonds. The predicted octanol–water partition coefficient (Wildman–Crippen LogP) is 2.72. The molecule has 1 aromatic heterocycles. The van der Waals surface area contributed by atoms with Crippen LogP contribution in [0.5, 0.6) is 17.4 Å². The zero-order valence-electron chi connectivity index (χ0n) is 16.4. The average molecular weight is 396 g/mol. The van der Waals surface area contributed by atoms with Crippen LogP contribution < -0.4 is 14.2 Å². The maximum absolute atomic E-state index is 13.4. The largest absolute Gasteiger partial charge is 0.468 e. The molecule has 7 heteroatoms. The molecule has 0 saturated carbocycles. The molecule has 0 radical (unpaired) electrons. The topological polar surface area (TPSA) is 64.4 Å². The highest BCUT2D eigenvalue weighted by molar-refractivity contribution is 5.92. The third kappa shape index (κ3) is 2.56. The van der Waals surface area contributed by atoms with E-state index in [2.05, 4.69) is 17.0 Å². The Balaban J connectivity index is 1.37. The number of amides is 1. The van der Waals surface area contributed by atoms with E-state index in [-0.39, 0.29) is 24.7 Å². The van der Waals surface area contributed by atoms with Crippen LogP contribution in [0.15, 0.2) is 34.7 Å². The van der Waals surface area contributed by atoms with E-state index in [1.54, 1.807) is 19.2 Å². The van der Waals surface area contributed by atoms with Crippen molar-refractivity contribution in [1.29, 1.82) is 0 Å². The first-order valence-electron chi connectivity index (χ1n) is 10.3. The van der Waals surface area contributed by atoms with E-state index in [4.69, 9.17) is 18.6 Å². The molecule has 0 aliphatic carbocycles. The molecule has 5 aliphatic heterocycles. The van der Waals surface area contributed by atoms with Crippen LogP contribution in [0.1, 0.15) is 34.9 Å². The Labute approximate surface area is 169 Å². The van der Waals surface area contributed by atoms with Crippen molar-refractivity contribution >= 4 is 5.91 Å². The molecule has 4 fully saturated rings. The molecule has 7 rings (SSSR count). The lowest BCUT2D eigenvalue weighted by Crippen LogP contribution is -2.60. The maximum atomic E-state index is 13.4. The summed E-state index contributed by atoms with van der Waals surface area (Å²) in [6.07, 6.45) is 2.31. The molecule has 2 aromatic rings. The molecule has 5 aliphatic rings. The summed E-state index contributed by atoms with van der Waals surface area (Å²) >= 11 is 0. The molecule has 0 unspecified atom stereocenters. The van der Waals surface area contributed by atoms with Gasteiger partial charge >= 0.3 is 0 Å². The lowest BCUT2D eigenvalue weighted by atomic mass is 9.75. The molecular formula is C22H24N2O5. The first-order chi connectivity index (χ1) is 14.2. The van der Waals surface area contributed by atoms with Crippen molar-refractivity contribution < 1.29 is 23.4 Å². The van der Waals surface area contributed by atoms with Crippen LogP contribution in [0.3, 0.4) is 0 Å². The molecule has 1 aromatic carbocycles. The van der Waals surface area contributed by atoms with Crippen molar-refractivity contribution in [3.05, 3.63) is 41.7 Å². The number of nitrogens with zero attached hydrogens (tertiary/aromatic N) is 2. The summed E-state index contributed by atoms with van der Waals surface area (Å²) in [4.78, 5) is 18.0. The zero-order chi connectivity index (χ0) is 19.5. The lowest BCUT2D eigenvalue weighted by Gasteiger charge is -2.51. The number of piperidine rings is 3. The summed E-state index contributed by atoms with van der Waals surface area (Å²) in [6.45, 7) is 3.19. The Morgan fingerprint density at radius 1 is 1.07 bits per heavy atom. The van der Waals surface area contributed by atoms with Gasteiger partial charge in [-0.15, -0.1) is 0 Å². The minimum Gasteiger partial charge on any atom is -0.468 e. The second-order valence-electron chi connectivity index (χ2n) is 8.35. The number of carbonyl (C=O) groups excluding carboxylic acids is 1. The standard InChI is InChI=1S/C22H24N2O5/c1-26-19-5-4-17(29-19)22(25)24-11-15(14-2-3-16-18(10-14)28-12-27-16)21-20(24)13-6-8-23(21)9-7-13/h2-5,10,13,15,20-21H,6-9,11-12H2,1H3/t15-,20+,21+/m1/s1. The number of rotatable bonds is 3. The van der Waals surface area contributed by atoms with E-state index in [0.29, 0.717) is 30.2 Å². The number of furan rings is 1. The highest BCUT2D eigenvalue weighted by atomic mass is 16.7. The van der Waals surface area contributed by atoms with Crippen LogP contribution in [-0.4, -0.2) is 61.3 Å². The normalized spacial score (nSPS) is 31.8. The molecule has 4 saturated heterocycles. The summed E-state index contributed by atoms with van der Waals surface area (Å²) in [5.41, 5.74) is 1.21. The van der Waals surface area contributed by atoms with E-state index in [1.807, 2.05) is 11.0 Å². The van der Waals surface area contributed by atoms with Crippen molar-refractivity contribution in [3.63, 3.8) is 0 Å². The summed E-state index contributed by atoms with van der Waals surface area (Å²) in [5.74, 6) is 3.07. The average Bonchev–Trinajstić information content (AvgIpc) is 3.51. The Morgan fingerprint density at radius 2 is 1.90 bits per heavy atom. The minimum absolute atomic E-state index is 0.0414. The Morgan fingerprint density at radius 3 is 2.69 bits per heavy atom. The molecule has 152 valence electrons. The Bertz CT molecular complexity index is 948. The van der Waals surface area contributed by atoms with Gasteiger partial charge in [0.2, 0.25) is 6.79 Å². The number of likely N-dealkylation sites (tertiary alicyclic amines) is 1. The van der Waals surface area contributed by atoms with Gasteiger partial charge in [0.25, 0.3) is 11.9 Å². The molecule has 3 atom stereocenters. The van der Waals surface area contributed by atoms with Crippen LogP contribution >= 0.6 is 0 Å². The summed E-state index contributed by atoms with van der Waals surface area (Å²) < 4.78 is 21.8. The van der Waals surface area contributed by atoms with E-state index >= 15 is 0 Å². The fraction of sp³-hybridized carbons (Fsp3) is 0.500. The molecule has 0 N–H and O–H groups in total. The molecule has 29 heavy (non-hydrogen) atoms. The van der Waals surface area contributed by atoms with E-state index < -0.39 is 0 Å². The maximum Gasteiger partial charge on any atom is 0.290 e. The Hall–Kier alpha value is -2.67. The monoisotopic (exact) mass is 396 g/mol. The van der Waals surface area contributed by atoms with Gasteiger partial charge < -0.3 is 23.5 Å². The minimum atomic E-state index is -0.0414. The highest BCUT2D eigenvalue weighted by Gasteiger charge is 2.55. The van der Waals surface area contributed by atoms with Gasteiger partial charge in [-0.3, -0.25) is 9.69 Å². The quantitative estimate of drug-likeness (QED) is 0.795. The number of ether oxygens (including phenoxy) is 3. The first kappa shape index (κ1) is 17.2. The summed E-state index contributed by atoms with van der Waals surface area (Å²) in [6, 6.07) is 10.2. The fourth-order valence-electron chi connectivity index (χ4n) is 5.78. The second-order valence-corrected chi connectivity index (χ2v) is 8.35. The van der Waals surface area contributed by atoms with Crippen LogP contribution in [0.4, 0.5) is 0 Å². The van der Waals surface area contributed by atoms with Crippen molar-refractivity contribution in [2.45, 2.75) is 30.8 Å². The lowest BCUT2D eigenvalue weighted by molar-refractivity contribution is -0.00440. The van der Waals surface area contributed by atoms with Gasteiger partial charge in [-0.2, -0.15) is 0 Å². The van der Waals surface area contributed by atoms with Gasteiger partial charge in [-0.25, -0.2) is 0 Å². The third-order valence-corrected chi connectivity index (χ3v) is 7.07. The van der Waals surface area contributed by atoms with E-state index in [9.17, 15) is 4.79 Å². The number of hydrogen-bond acceptors (Lipinski definition) is 6. The van der Waals surface area contributed by atoms with Crippen molar-refractivity contribution in [3.8, 4) is 17.4 Å². The summed E-state index contributed by atoms with van der Waals surface area (Å²) in [7, 11) is 1.54. The van der Waals surface area contributed by atoms with Gasteiger partial charge in [-0.05, 0) is 55.6 Å². The SMILES string of the molecule is COc1ccc(C(=O)N2C[C@H](c3ccc4c(c3)OCO4)[C@H]3[C@@H]2C2CCN3CC2)o1. The Kier molecular flexibility index (Phi) is 3.81. The molecule has 0 spiro atoms. The van der Waals surface area contributed by atoms with Crippen molar-refractivity contribution in [2.75, 3.05) is 33.5 Å². The first-order valence-corrected chi connectivity index (χ1v) is 10.3. The zero-order valence-corrected chi connectivity index (χ0v) is 16.4. The van der Waals surface area contributed by atoms with Crippen LogP contribution in [0, 0.1) is 5.92 Å². The van der Waals surface area contributed by atoms with Gasteiger partial charge in [0, 0.05) is 24.6 Å². The van der Waals surface area contributed by atoms with E-state index in [0.717, 1.165) is 37.4 Å². The number of hydrogen-bond donors (Lipinski definition) is 0. The molecule has 7 nitrogen and oxygen atoms in total. The summed E-state index contributed by atoms with van der Waals surface area (Å²) in [5, 5.41) is 0. The van der Waals surface area contributed by atoms with Gasteiger partial charge in [-0.1, -0.05) is 6.07 Å². The van der Waals surface area contributed by atoms with Crippen LogP contribution in [0.25, 0.3) is 0 Å². The number of methoxy groups -OCH3 is 1. The van der Waals surface area contributed by atoms with Crippen molar-refractivity contribution in [2.24, 2.45) is 5.92 Å². The van der Waals surface area contributed by atoms with Gasteiger partial charge in [0.15, 0.2) is 17.3 Å². The smallest absolute Gasteiger partial charge is 0.290 e. The van der Waals surface area contributed by atoms with Gasteiger partial charge in [0.05, 0.1) is 13.2 Å². The molecule has 6 heterocycles. The van der Waals surface area contributed by atoms with Gasteiger partial charge in [0.1, 0.15) is 0 Å². The van der Waals surface area contributed by atoms with Crippen molar-refractivity contribution in [1.82, 2.24) is 9.80 Å². The third-order valence-electron chi connectivity index (χ3n) is 7.07.